The second kappa shape index (κ2) is 11.3. The van der Waals surface area contributed by atoms with Crippen LogP contribution in [0.4, 0.5) is 14.5 Å². The molecule has 3 aliphatic rings. The predicted octanol–water partition coefficient (Wildman–Crippen LogP) is 3.42. The summed E-state index contributed by atoms with van der Waals surface area (Å²) >= 11 is 0. The van der Waals surface area contributed by atoms with Crippen LogP contribution in [0.5, 0.6) is 0 Å². The number of amides is 3. The molecule has 2 saturated carbocycles. The Morgan fingerprint density at radius 2 is 1.73 bits per heavy atom. The highest BCUT2D eigenvalue weighted by molar-refractivity contribution is 6.01. The third-order valence-electron chi connectivity index (χ3n) is 8.33. The van der Waals surface area contributed by atoms with Gasteiger partial charge in [-0.1, -0.05) is 6.07 Å². The number of rotatable bonds is 10. The molecule has 4 unspecified atom stereocenters. The van der Waals surface area contributed by atoms with Crippen LogP contribution in [-0.2, 0) is 9.59 Å². The molecule has 2 aromatic rings. The summed E-state index contributed by atoms with van der Waals surface area (Å²) in [6.45, 7) is 5.12. The Balaban J connectivity index is 1.32. The highest BCUT2D eigenvalue weighted by Crippen LogP contribution is 2.51. The zero-order chi connectivity index (χ0) is 28.7. The highest BCUT2D eigenvalue weighted by atomic mass is 19.1. The fourth-order valence-electron chi connectivity index (χ4n) is 5.80. The number of anilines is 1. The van der Waals surface area contributed by atoms with Crippen LogP contribution in [0.15, 0.2) is 30.5 Å². The molecule has 3 amide bonds. The molecule has 4 atom stereocenters. The Bertz CT molecular complexity index is 1250. The SMILES string of the molecule is CC(C(=O)N1CC(O)C(F)C1)c1ccc(NC(=O)C(NC(=O)c2ccnn2C(C)C)C(C2CC2)C2CC2)c(F)c1. The third kappa shape index (κ3) is 5.89. The topological polar surface area (TPSA) is 117 Å². The van der Waals surface area contributed by atoms with Gasteiger partial charge in [0.25, 0.3) is 5.91 Å². The van der Waals surface area contributed by atoms with Gasteiger partial charge in [0, 0.05) is 18.8 Å². The van der Waals surface area contributed by atoms with Crippen molar-refractivity contribution in [2.24, 2.45) is 17.8 Å². The van der Waals surface area contributed by atoms with Gasteiger partial charge in [-0.15, -0.1) is 0 Å². The number of hydrogen-bond acceptors (Lipinski definition) is 5. The van der Waals surface area contributed by atoms with Crippen LogP contribution in [0.1, 0.15) is 74.5 Å². The van der Waals surface area contributed by atoms with Crippen molar-refractivity contribution in [3.63, 3.8) is 0 Å². The third-order valence-corrected chi connectivity index (χ3v) is 8.33. The minimum Gasteiger partial charge on any atom is -0.388 e. The summed E-state index contributed by atoms with van der Waals surface area (Å²) in [7, 11) is 0. The van der Waals surface area contributed by atoms with Gasteiger partial charge in [0.1, 0.15) is 29.8 Å². The number of hydrogen-bond donors (Lipinski definition) is 3. The second-order valence-electron chi connectivity index (χ2n) is 11.7. The minimum atomic E-state index is -1.50. The van der Waals surface area contributed by atoms with Gasteiger partial charge in [-0.2, -0.15) is 5.10 Å². The Kier molecular flexibility index (Phi) is 7.94. The summed E-state index contributed by atoms with van der Waals surface area (Å²) in [4.78, 5) is 40.9. The lowest BCUT2D eigenvalue weighted by Crippen LogP contribution is -2.50. The molecule has 2 aliphatic carbocycles. The number of alkyl halides is 1. The van der Waals surface area contributed by atoms with Crippen molar-refractivity contribution in [2.75, 3.05) is 18.4 Å². The van der Waals surface area contributed by atoms with Crippen LogP contribution in [0, 0.1) is 23.6 Å². The van der Waals surface area contributed by atoms with Crippen molar-refractivity contribution in [3.05, 3.63) is 47.5 Å². The molecule has 5 rings (SSSR count). The van der Waals surface area contributed by atoms with Gasteiger partial charge < -0.3 is 20.6 Å². The number of halogens is 2. The maximum Gasteiger partial charge on any atom is 0.270 e. The number of nitrogens with one attached hydrogen (secondary N) is 2. The molecule has 3 fully saturated rings. The average molecular weight is 558 g/mol. The lowest BCUT2D eigenvalue weighted by Gasteiger charge is -2.28. The molecule has 9 nitrogen and oxygen atoms in total. The number of aromatic nitrogens is 2. The van der Waals surface area contributed by atoms with E-state index in [2.05, 4.69) is 15.7 Å². The molecule has 40 heavy (non-hydrogen) atoms. The number of carbonyl (C=O) groups excluding carboxylic acids is 3. The first-order valence-electron chi connectivity index (χ1n) is 14.1. The number of carbonyl (C=O) groups is 3. The fraction of sp³-hybridized carbons (Fsp3) is 0.586. The molecule has 0 spiro atoms. The van der Waals surface area contributed by atoms with Crippen molar-refractivity contribution in [1.82, 2.24) is 20.0 Å². The molecule has 2 heterocycles. The van der Waals surface area contributed by atoms with Gasteiger partial charge in [0.2, 0.25) is 11.8 Å². The lowest BCUT2D eigenvalue weighted by atomic mass is 9.88. The first-order chi connectivity index (χ1) is 19.0. The number of aliphatic hydroxyl groups is 1. The smallest absolute Gasteiger partial charge is 0.270 e. The molecule has 0 bridgehead atoms. The molecule has 216 valence electrons. The summed E-state index contributed by atoms with van der Waals surface area (Å²) in [6, 6.07) is 4.88. The molecule has 1 aromatic carbocycles. The van der Waals surface area contributed by atoms with Crippen LogP contribution in [-0.4, -0.2) is 68.9 Å². The van der Waals surface area contributed by atoms with Crippen molar-refractivity contribution in [1.29, 1.82) is 0 Å². The summed E-state index contributed by atoms with van der Waals surface area (Å²) in [5.41, 5.74) is 0.681. The van der Waals surface area contributed by atoms with E-state index in [0.29, 0.717) is 23.1 Å². The zero-order valence-corrected chi connectivity index (χ0v) is 23.0. The fourth-order valence-corrected chi connectivity index (χ4v) is 5.80. The van der Waals surface area contributed by atoms with Crippen molar-refractivity contribution < 1.29 is 28.3 Å². The first-order valence-corrected chi connectivity index (χ1v) is 14.1. The minimum absolute atomic E-state index is 0.0329. The van der Waals surface area contributed by atoms with Gasteiger partial charge in [-0.3, -0.25) is 19.1 Å². The van der Waals surface area contributed by atoms with Gasteiger partial charge in [0.05, 0.1) is 18.2 Å². The van der Waals surface area contributed by atoms with Crippen molar-refractivity contribution >= 4 is 23.4 Å². The number of nitrogens with zero attached hydrogens (tertiary/aromatic N) is 3. The maximum absolute atomic E-state index is 15.2. The quantitative estimate of drug-likeness (QED) is 0.414. The van der Waals surface area contributed by atoms with Crippen molar-refractivity contribution in [2.45, 2.75) is 76.7 Å². The number of aliphatic hydroxyl groups excluding tert-OH is 1. The molecule has 1 saturated heterocycles. The largest absolute Gasteiger partial charge is 0.388 e. The standard InChI is InChI=1S/C29H37F2N5O4/c1-15(2)36-23(10-11-32-36)27(38)34-26(25(17-4-5-17)18-6-7-18)28(39)33-22-9-8-19(12-20(22)30)16(3)29(40)35-13-21(31)24(37)14-35/h8-12,15-18,21,24-26,37H,4-7,13-14H2,1-3H3,(H,33,39)(H,34,38). The van der Waals surface area contributed by atoms with E-state index in [9.17, 15) is 23.9 Å². The van der Waals surface area contributed by atoms with E-state index in [1.165, 1.54) is 17.0 Å². The summed E-state index contributed by atoms with van der Waals surface area (Å²) in [5.74, 6) is -2.12. The van der Waals surface area contributed by atoms with Gasteiger partial charge in [-0.05, 0) is 88.0 Å². The summed E-state index contributed by atoms with van der Waals surface area (Å²) < 4.78 is 30.5. The number of likely N-dealkylation sites (tertiary alicyclic amines) is 1. The molecule has 11 heteroatoms. The number of β-amino-alcohol motifs (C(OH)–C–C–N with tert-alkyl or cyclic N) is 1. The Morgan fingerprint density at radius 3 is 2.27 bits per heavy atom. The Hall–Kier alpha value is -3.34. The maximum atomic E-state index is 15.2. The highest BCUT2D eigenvalue weighted by Gasteiger charge is 2.48. The van der Waals surface area contributed by atoms with Crippen LogP contribution in [0.25, 0.3) is 0 Å². The average Bonchev–Trinajstić information content (AvgIpc) is 3.85. The van der Waals surface area contributed by atoms with Gasteiger partial charge in [-0.25, -0.2) is 8.78 Å². The molecule has 3 N–H and O–H groups in total. The van der Waals surface area contributed by atoms with E-state index in [4.69, 9.17) is 0 Å². The Labute approximate surface area is 232 Å². The molecular weight excluding hydrogens is 520 g/mol. The van der Waals surface area contributed by atoms with E-state index in [-0.39, 0.29) is 30.7 Å². The Morgan fingerprint density at radius 1 is 1.05 bits per heavy atom. The molecule has 1 aromatic heterocycles. The first kappa shape index (κ1) is 28.2. The normalized spacial score (nSPS) is 22.4. The summed E-state index contributed by atoms with van der Waals surface area (Å²) in [5, 5.41) is 19.5. The summed E-state index contributed by atoms with van der Waals surface area (Å²) in [6.07, 6.45) is 2.81. The lowest BCUT2D eigenvalue weighted by molar-refractivity contribution is -0.131. The second-order valence-corrected chi connectivity index (χ2v) is 11.7. The van der Waals surface area contributed by atoms with E-state index in [1.807, 2.05) is 13.8 Å². The molecule has 1 aliphatic heterocycles. The van der Waals surface area contributed by atoms with Gasteiger partial charge in [0.15, 0.2) is 0 Å². The van der Waals surface area contributed by atoms with E-state index in [0.717, 1.165) is 25.7 Å². The van der Waals surface area contributed by atoms with E-state index >= 15 is 4.39 Å². The van der Waals surface area contributed by atoms with Gasteiger partial charge >= 0.3 is 0 Å². The zero-order valence-electron chi connectivity index (χ0n) is 23.0. The monoisotopic (exact) mass is 557 g/mol. The molecule has 0 radical (unpaired) electrons. The van der Waals surface area contributed by atoms with E-state index in [1.54, 1.807) is 29.9 Å². The van der Waals surface area contributed by atoms with Crippen molar-refractivity contribution in [3.8, 4) is 0 Å². The number of benzene rings is 1. The van der Waals surface area contributed by atoms with Crippen LogP contribution in [0.3, 0.4) is 0 Å². The van der Waals surface area contributed by atoms with Crippen LogP contribution < -0.4 is 10.6 Å². The van der Waals surface area contributed by atoms with Crippen LogP contribution >= 0.6 is 0 Å². The molecular formula is C29H37F2N5O4. The van der Waals surface area contributed by atoms with E-state index < -0.39 is 47.8 Å². The predicted molar refractivity (Wildman–Crippen MR) is 144 cm³/mol. The van der Waals surface area contributed by atoms with Crippen LogP contribution in [0.2, 0.25) is 0 Å².